The van der Waals surface area contributed by atoms with Gasteiger partial charge in [0.1, 0.15) is 0 Å². The summed E-state index contributed by atoms with van der Waals surface area (Å²) in [7, 11) is 0. The summed E-state index contributed by atoms with van der Waals surface area (Å²) in [6.07, 6.45) is 1.26. The average molecular weight is 180 g/mol. The first kappa shape index (κ1) is 11.5. The molecule has 0 aliphatic rings. The molecule has 0 saturated heterocycles. The fraction of sp³-hybridized carbons (Fsp3) is 0.300. The van der Waals surface area contributed by atoms with Crippen LogP contribution in [-0.2, 0) is 14.4 Å². The molecule has 3 nitrogen and oxygen atoms in total. The Labute approximate surface area is 77.1 Å². The van der Waals surface area contributed by atoms with Gasteiger partial charge in [0.2, 0.25) is 5.78 Å². The van der Waals surface area contributed by atoms with Gasteiger partial charge in [-0.25, -0.2) is 0 Å². The smallest absolute Gasteiger partial charge is 0.209 e. The zero-order valence-electron chi connectivity index (χ0n) is 7.79. The zero-order valence-corrected chi connectivity index (χ0v) is 7.79. The molecule has 0 saturated carbocycles. The molecule has 0 N–H and O–H groups in total. The van der Waals surface area contributed by atoms with Crippen molar-refractivity contribution < 1.29 is 14.4 Å². The standard InChI is InChI=1S/C10H12O3/c1-5-9(6(2)7(3)11)10(13)8(4)12/h5,9H,1-2H2,3-4H3. The van der Waals surface area contributed by atoms with E-state index >= 15 is 0 Å². The summed E-state index contributed by atoms with van der Waals surface area (Å²) in [5.41, 5.74) is 0.107. The van der Waals surface area contributed by atoms with Gasteiger partial charge in [0.15, 0.2) is 11.6 Å². The van der Waals surface area contributed by atoms with Crippen molar-refractivity contribution in [2.75, 3.05) is 0 Å². The Morgan fingerprint density at radius 2 is 1.62 bits per heavy atom. The number of hydrogen-bond acceptors (Lipinski definition) is 3. The SMILES string of the molecule is C=CC(C(=C)C(C)=O)C(=O)C(C)=O. The molecule has 0 heterocycles. The maximum atomic E-state index is 11.2. The van der Waals surface area contributed by atoms with Gasteiger partial charge in [-0.15, -0.1) is 6.58 Å². The Bertz CT molecular complexity index is 261. The quantitative estimate of drug-likeness (QED) is 0.361. The third-order valence-corrected chi connectivity index (χ3v) is 1.69. The summed E-state index contributed by atoms with van der Waals surface area (Å²) >= 11 is 0. The van der Waals surface area contributed by atoms with Crippen LogP contribution in [0.2, 0.25) is 0 Å². The lowest BCUT2D eigenvalue weighted by Crippen LogP contribution is -2.23. The highest BCUT2D eigenvalue weighted by molar-refractivity contribution is 6.38. The van der Waals surface area contributed by atoms with Crippen molar-refractivity contribution in [2.24, 2.45) is 5.92 Å². The monoisotopic (exact) mass is 180 g/mol. The Hall–Kier alpha value is -1.51. The second kappa shape index (κ2) is 4.50. The topological polar surface area (TPSA) is 51.2 Å². The number of carbonyl (C=O) groups excluding carboxylic acids is 3. The highest BCUT2D eigenvalue weighted by atomic mass is 16.2. The fourth-order valence-electron chi connectivity index (χ4n) is 0.846. The van der Waals surface area contributed by atoms with Crippen molar-refractivity contribution in [2.45, 2.75) is 13.8 Å². The Kier molecular flexibility index (Phi) is 3.98. The number of hydrogen-bond donors (Lipinski definition) is 0. The molecule has 1 unspecified atom stereocenters. The molecule has 0 bridgehead atoms. The zero-order chi connectivity index (χ0) is 10.6. The first-order valence-corrected chi connectivity index (χ1v) is 3.78. The van der Waals surface area contributed by atoms with Gasteiger partial charge in [-0.3, -0.25) is 14.4 Å². The van der Waals surface area contributed by atoms with Gasteiger partial charge in [-0.05, 0) is 6.92 Å². The van der Waals surface area contributed by atoms with E-state index in [0.717, 1.165) is 6.92 Å². The lowest BCUT2D eigenvalue weighted by Gasteiger charge is -2.09. The van der Waals surface area contributed by atoms with Crippen LogP contribution in [0.3, 0.4) is 0 Å². The van der Waals surface area contributed by atoms with Crippen molar-refractivity contribution in [1.29, 1.82) is 0 Å². The van der Waals surface area contributed by atoms with E-state index in [4.69, 9.17) is 0 Å². The Morgan fingerprint density at radius 1 is 1.15 bits per heavy atom. The van der Waals surface area contributed by atoms with E-state index in [9.17, 15) is 14.4 Å². The molecule has 0 radical (unpaired) electrons. The van der Waals surface area contributed by atoms with E-state index in [-0.39, 0.29) is 11.4 Å². The van der Waals surface area contributed by atoms with Crippen molar-refractivity contribution in [3.63, 3.8) is 0 Å². The molecule has 0 aromatic rings. The number of carbonyl (C=O) groups is 3. The predicted molar refractivity (Wildman–Crippen MR) is 49.2 cm³/mol. The lowest BCUT2D eigenvalue weighted by molar-refractivity contribution is -0.136. The van der Waals surface area contributed by atoms with E-state index in [1.54, 1.807) is 0 Å². The van der Waals surface area contributed by atoms with Crippen LogP contribution in [0, 0.1) is 5.92 Å². The van der Waals surface area contributed by atoms with Crippen LogP contribution in [0.25, 0.3) is 0 Å². The molecule has 1 atom stereocenters. The van der Waals surface area contributed by atoms with Crippen LogP contribution >= 0.6 is 0 Å². The minimum absolute atomic E-state index is 0.107. The van der Waals surface area contributed by atoms with Gasteiger partial charge in [0.05, 0.1) is 5.92 Å². The molecule has 0 amide bonds. The number of Topliss-reactive ketones (excluding diaryl/α,β-unsaturated/α-hetero) is 3. The first-order chi connectivity index (χ1) is 5.91. The van der Waals surface area contributed by atoms with E-state index in [1.807, 2.05) is 0 Å². The molecular weight excluding hydrogens is 168 g/mol. The van der Waals surface area contributed by atoms with Crippen molar-refractivity contribution in [1.82, 2.24) is 0 Å². The molecule has 70 valence electrons. The van der Waals surface area contributed by atoms with Crippen LogP contribution in [0.1, 0.15) is 13.8 Å². The number of rotatable bonds is 5. The minimum atomic E-state index is -0.866. The summed E-state index contributed by atoms with van der Waals surface area (Å²) in [6, 6.07) is 0. The maximum Gasteiger partial charge on any atom is 0.209 e. The van der Waals surface area contributed by atoms with Gasteiger partial charge < -0.3 is 0 Å². The minimum Gasteiger partial charge on any atom is -0.295 e. The van der Waals surface area contributed by atoms with E-state index in [1.165, 1.54) is 13.0 Å². The largest absolute Gasteiger partial charge is 0.295 e. The van der Waals surface area contributed by atoms with Crippen molar-refractivity contribution >= 4 is 17.3 Å². The van der Waals surface area contributed by atoms with Crippen molar-refractivity contribution in [3.8, 4) is 0 Å². The van der Waals surface area contributed by atoms with Gasteiger partial charge >= 0.3 is 0 Å². The lowest BCUT2D eigenvalue weighted by atomic mass is 9.91. The summed E-state index contributed by atoms with van der Waals surface area (Å²) in [4.78, 5) is 32.8. The average Bonchev–Trinajstić information content (AvgIpc) is 2.04. The third-order valence-electron chi connectivity index (χ3n) is 1.69. The van der Waals surface area contributed by atoms with E-state index in [0.29, 0.717) is 0 Å². The summed E-state index contributed by atoms with van der Waals surface area (Å²) < 4.78 is 0. The number of allylic oxidation sites excluding steroid dienone is 2. The second-order valence-corrected chi connectivity index (χ2v) is 2.72. The summed E-state index contributed by atoms with van der Waals surface area (Å²) in [5, 5.41) is 0. The third kappa shape index (κ3) is 2.78. The normalized spacial score (nSPS) is 11.5. The van der Waals surface area contributed by atoms with Gasteiger partial charge in [-0.2, -0.15) is 0 Å². The molecule has 13 heavy (non-hydrogen) atoms. The van der Waals surface area contributed by atoms with Crippen LogP contribution in [0.15, 0.2) is 24.8 Å². The van der Waals surface area contributed by atoms with E-state index < -0.39 is 17.5 Å². The molecule has 0 spiro atoms. The fourth-order valence-corrected chi connectivity index (χ4v) is 0.846. The van der Waals surface area contributed by atoms with Crippen LogP contribution in [0.4, 0.5) is 0 Å². The Morgan fingerprint density at radius 3 is 1.85 bits per heavy atom. The van der Waals surface area contributed by atoms with Gasteiger partial charge in [-0.1, -0.05) is 12.7 Å². The molecule has 0 fully saturated rings. The van der Waals surface area contributed by atoms with Crippen LogP contribution in [-0.4, -0.2) is 17.3 Å². The van der Waals surface area contributed by atoms with Gasteiger partial charge in [0.25, 0.3) is 0 Å². The number of ketones is 3. The van der Waals surface area contributed by atoms with Crippen LogP contribution in [0.5, 0.6) is 0 Å². The van der Waals surface area contributed by atoms with Crippen molar-refractivity contribution in [3.05, 3.63) is 24.8 Å². The Balaban J connectivity index is 4.81. The predicted octanol–water partition coefficient (Wildman–Crippen LogP) is 1.09. The first-order valence-electron chi connectivity index (χ1n) is 3.78. The highest BCUT2D eigenvalue weighted by Crippen LogP contribution is 2.12. The molecule has 0 aromatic carbocycles. The second-order valence-electron chi connectivity index (χ2n) is 2.72. The summed E-state index contributed by atoms with van der Waals surface area (Å²) in [6.45, 7) is 9.27. The highest BCUT2D eigenvalue weighted by Gasteiger charge is 2.23. The molecule has 0 aliphatic heterocycles. The summed E-state index contributed by atoms with van der Waals surface area (Å²) in [5.74, 6) is -2.41. The molecule has 0 aromatic heterocycles. The van der Waals surface area contributed by atoms with Gasteiger partial charge in [0, 0.05) is 12.5 Å². The maximum absolute atomic E-state index is 11.2. The molecular formula is C10H12O3. The molecule has 0 rings (SSSR count). The van der Waals surface area contributed by atoms with Crippen LogP contribution < -0.4 is 0 Å². The molecule has 3 heteroatoms. The van der Waals surface area contributed by atoms with E-state index in [2.05, 4.69) is 13.2 Å². The molecule has 0 aliphatic carbocycles.